The van der Waals surface area contributed by atoms with Gasteiger partial charge >= 0.3 is 0 Å². The summed E-state index contributed by atoms with van der Waals surface area (Å²) >= 11 is 1.72. The first kappa shape index (κ1) is 21.1. The highest BCUT2D eigenvalue weighted by Crippen LogP contribution is 2.39. The molecule has 170 valence electrons. The fourth-order valence-corrected chi connectivity index (χ4v) is 5.38. The fourth-order valence-electron chi connectivity index (χ4n) is 4.29. The number of anilines is 2. The van der Waals surface area contributed by atoms with Crippen molar-refractivity contribution in [2.24, 2.45) is 0 Å². The molecular formula is C29H23N5S. The quantitative estimate of drug-likeness (QED) is 0.179. The van der Waals surface area contributed by atoms with Crippen molar-refractivity contribution >= 4 is 44.7 Å². The molecule has 3 aromatic carbocycles. The Hall–Kier alpha value is -4.42. The molecule has 3 aromatic heterocycles. The van der Waals surface area contributed by atoms with Crippen molar-refractivity contribution < 1.29 is 0 Å². The Morgan fingerprint density at radius 2 is 1.80 bits per heavy atom. The lowest BCUT2D eigenvalue weighted by Gasteiger charge is -2.13. The Bertz CT molecular complexity index is 1610. The summed E-state index contributed by atoms with van der Waals surface area (Å²) < 4.78 is 3.25. The molecule has 0 spiro atoms. The Labute approximate surface area is 207 Å². The van der Waals surface area contributed by atoms with Gasteiger partial charge in [-0.25, -0.2) is 4.98 Å². The molecule has 4 N–H and O–H groups in total. The molecule has 0 aliphatic rings. The van der Waals surface area contributed by atoms with E-state index in [1.165, 1.54) is 16.3 Å². The summed E-state index contributed by atoms with van der Waals surface area (Å²) in [5.41, 5.74) is 13.8. The highest BCUT2D eigenvalue weighted by Gasteiger charge is 2.12. The SMILES string of the molecule is N=Cc1cc(NCc2ccc(-c3cn4ccccc4n3)cc2)cc(-c2cc3ccccc3s2)c1N. The molecule has 6 rings (SSSR count). The number of hydrogen-bond donors (Lipinski definition) is 3. The number of nitrogen functional groups attached to an aromatic ring is 1. The van der Waals surface area contributed by atoms with Gasteiger partial charge in [-0.2, -0.15) is 0 Å². The Morgan fingerprint density at radius 1 is 0.971 bits per heavy atom. The zero-order valence-corrected chi connectivity index (χ0v) is 19.7. The van der Waals surface area contributed by atoms with Crippen LogP contribution in [0.1, 0.15) is 11.1 Å². The minimum absolute atomic E-state index is 0.633. The number of nitrogens with two attached hydrogens (primary N) is 1. The van der Waals surface area contributed by atoms with Crippen LogP contribution in [0, 0.1) is 5.41 Å². The third kappa shape index (κ3) is 4.05. The lowest BCUT2D eigenvalue weighted by atomic mass is 10.0. The lowest BCUT2D eigenvalue weighted by molar-refractivity contribution is 1.15. The van der Waals surface area contributed by atoms with Crippen LogP contribution in [0.15, 0.2) is 97.3 Å². The summed E-state index contributed by atoms with van der Waals surface area (Å²) in [5, 5.41) is 12.6. The van der Waals surface area contributed by atoms with Gasteiger partial charge in [0.25, 0.3) is 0 Å². The highest BCUT2D eigenvalue weighted by atomic mass is 32.1. The van der Waals surface area contributed by atoms with Gasteiger partial charge in [0.2, 0.25) is 0 Å². The minimum atomic E-state index is 0.633. The standard InChI is InChI=1S/C29H23N5S/c30-16-22-13-23(15-24(29(22)31)27-14-21-5-1-2-6-26(21)35-27)32-17-19-8-10-20(11-9-19)25-18-34-12-4-3-7-28(34)33-25/h1-16,18,30,32H,17,31H2. The van der Waals surface area contributed by atoms with Gasteiger partial charge in [-0.3, -0.25) is 0 Å². The van der Waals surface area contributed by atoms with E-state index in [0.717, 1.165) is 38.6 Å². The fraction of sp³-hybridized carbons (Fsp3) is 0.0345. The molecule has 0 bridgehead atoms. The molecule has 6 aromatic rings. The molecule has 0 amide bonds. The van der Waals surface area contributed by atoms with Crippen molar-refractivity contribution in [1.29, 1.82) is 5.41 Å². The third-order valence-corrected chi connectivity index (χ3v) is 7.32. The Kier molecular flexibility index (Phi) is 5.28. The molecule has 0 radical (unpaired) electrons. The van der Waals surface area contributed by atoms with Gasteiger partial charge in [-0.1, -0.05) is 48.5 Å². The number of nitrogens with zero attached hydrogens (tertiary/aromatic N) is 2. The maximum atomic E-state index is 7.85. The molecule has 6 heteroatoms. The molecule has 0 fully saturated rings. The average molecular weight is 474 g/mol. The van der Waals surface area contributed by atoms with Crippen LogP contribution < -0.4 is 11.1 Å². The van der Waals surface area contributed by atoms with E-state index in [1.807, 2.05) is 53.2 Å². The normalized spacial score (nSPS) is 11.2. The number of aromatic nitrogens is 2. The van der Waals surface area contributed by atoms with Gasteiger partial charge in [-0.05, 0) is 47.3 Å². The van der Waals surface area contributed by atoms with Gasteiger partial charge in [0.15, 0.2) is 0 Å². The maximum absolute atomic E-state index is 7.85. The number of fused-ring (bicyclic) bond motifs is 2. The van der Waals surface area contributed by atoms with Crippen molar-refractivity contribution in [3.05, 3.63) is 108 Å². The number of imidazole rings is 1. The van der Waals surface area contributed by atoms with Crippen LogP contribution in [-0.4, -0.2) is 15.6 Å². The molecule has 0 aliphatic heterocycles. The number of pyridine rings is 1. The van der Waals surface area contributed by atoms with E-state index in [9.17, 15) is 0 Å². The first-order valence-corrected chi connectivity index (χ1v) is 12.2. The first-order valence-electron chi connectivity index (χ1n) is 11.4. The predicted octanol–water partition coefficient (Wildman–Crippen LogP) is 7.07. The molecule has 3 heterocycles. The van der Waals surface area contributed by atoms with Gasteiger partial charge in [0, 0.05) is 62.8 Å². The van der Waals surface area contributed by atoms with Crippen molar-refractivity contribution in [3.63, 3.8) is 0 Å². The predicted molar refractivity (Wildman–Crippen MR) is 148 cm³/mol. The van der Waals surface area contributed by atoms with Crippen molar-refractivity contribution in [2.45, 2.75) is 6.54 Å². The number of rotatable bonds is 6. The van der Waals surface area contributed by atoms with E-state index in [4.69, 9.17) is 16.1 Å². The zero-order chi connectivity index (χ0) is 23.8. The number of benzene rings is 3. The number of thiophene rings is 1. The van der Waals surface area contributed by atoms with Crippen molar-refractivity contribution in [3.8, 4) is 21.7 Å². The van der Waals surface area contributed by atoms with Crippen LogP contribution in [0.5, 0.6) is 0 Å². The summed E-state index contributed by atoms with van der Waals surface area (Å²) in [5.74, 6) is 0. The zero-order valence-electron chi connectivity index (χ0n) is 18.9. The Morgan fingerprint density at radius 3 is 2.60 bits per heavy atom. The first-order chi connectivity index (χ1) is 17.2. The van der Waals surface area contributed by atoms with Crippen LogP contribution in [-0.2, 0) is 6.54 Å². The van der Waals surface area contributed by atoms with E-state index in [-0.39, 0.29) is 0 Å². The molecule has 0 saturated heterocycles. The van der Waals surface area contributed by atoms with E-state index in [0.29, 0.717) is 17.8 Å². The second-order valence-corrected chi connectivity index (χ2v) is 9.55. The smallest absolute Gasteiger partial charge is 0.137 e. The maximum Gasteiger partial charge on any atom is 0.137 e. The molecule has 0 unspecified atom stereocenters. The van der Waals surface area contributed by atoms with Crippen molar-refractivity contribution in [1.82, 2.24) is 9.38 Å². The molecule has 0 aliphatic carbocycles. The minimum Gasteiger partial charge on any atom is -0.398 e. The van der Waals surface area contributed by atoms with Crippen molar-refractivity contribution in [2.75, 3.05) is 11.1 Å². The Balaban J connectivity index is 1.24. The number of nitrogens with one attached hydrogen (secondary N) is 2. The molecule has 5 nitrogen and oxygen atoms in total. The largest absolute Gasteiger partial charge is 0.398 e. The van der Waals surface area contributed by atoms with Crippen LogP contribution in [0.25, 0.3) is 37.4 Å². The molecule has 0 atom stereocenters. The second kappa shape index (κ2) is 8.74. The summed E-state index contributed by atoms with van der Waals surface area (Å²) in [4.78, 5) is 5.81. The van der Waals surface area contributed by atoms with Crippen LogP contribution >= 0.6 is 11.3 Å². The van der Waals surface area contributed by atoms with E-state index >= 15 is 0 Å². The van der Waals surface area contributed by atoms with Gasteiger partial charge in [0.1, 0.15) is 5.65 Å². The van der Waals surface area contributed by atoms with E-state index < -0.39 is 0 Å². The summed E-state index contributed by atoms with van der Waals surface area (Å²) in [6.07, 6.45) is 5.37. The summed E-state index contributed by atoms with van der Waals surface area (Å²) in [6.45, 7) is 0.665. The third-order valence-electron chi connectivity index (χ3n) is 6.17. The van der Waals surface area contributed by atoms with Gasteiger partial charge in [-0.15, -0.1) is 11.3 Å². The summed E-state index contributed by atoms with van der Waals surface area (Å²) in [6, 6.07) is 29.0. The van der Waals surface area contributed by atoms with Crippen LogP contribution in [0.4, 0.5) is 11.4 Å². The van der Waals surface area contributed by atoms with Gasteiger partial charge in [0.05, 0.1) is 5.69 Å². The van der Waals surface area contributed by atoms with Crippen LogP contribution in [0.3, 0.4) is 0 Å². The monoisotopic (exact) mass is 473 g/mol. The second-order valence-electron chi connectivity index (χ2n) is 8.46. The van der Waals surface area contributed by atoms with Gasteiger partial charge < -0.3 is 20.9 Å². The average Bonchev–Trinajstić information content (AvgIpc) is 3.53. The molecular weight excluding hydrogens is 450 g/mol. The van der Waals surface area contributed by atoms with E-state index in [1.54, 1.807) is 11.3 Å². The highest BCUT2D eigenvalue weighted by molar-refractivity contribution is 7.22. The molecule has 0 saturated carbocycles. The lowest BCUT2D eigenvalue weighted by Crippen LogP contribution is -2.03. The van der Waals surface area contributed by atoms with Crippen LogP contribution in [0.2, 0.25) is 0 Å². The molecule has 35 heavy (non-hydrogen) atoms. The summed E-state index contributed by atoms with van der Waals surface area (Å²) in [7, 11) is 0. The number of hydrogen-bond acceptors (Lipinski definition) is 5. The topological polar surface area (TPSA) is 79.2 Å². The van der Waals surface area contributed by atoms with E-state index in [2.05, 4.69) is 53.8 Å².